The van der Waals surface area contributed by atoms with Gasteiger partial charge in [0.1, 0.15) is 5.75 Å². The summed E-state index contributed by atoms with van der Waals surface area (Å²) in [5.41, 5.74) is 1.56. The van der Waals surface area contributed by atoms with Gasteiger partial charge in [0.25, 0.3) is 5.56 Å². The third-order valence-corrected chi connectivity index (χ3v) is 5.91. The Morgan fingerprint density at radius 3 is 2.81 bits per heavy atom. The van der Waals surface area contributed by atoms with Crippen LogP contribution in [0.2, 0.25) is 0 Å². The van der Waals surface area contributed by atoms with Crippen LogP contribution in [0.3, 0.4) is 0 Å². The van der Waals surface area contributed by atoms with Gasteiger partial charge in [-0.1, -0.05) is 0 Å². The molecule has 2 aliphatic rings. The highest BCUT2D eigenvalue weighted by molar-refractivity contribution is 5.75. The first kappa shape index (κ1) is 17.8. The molecule has 2 aromatic heterocycles. The summed E-state index contributed by atoms with van der Waals surface area (Å²) in [6.07, 6.45) is 2.76. The Kier molecular flexibility index (Phi) is 4.51. The number of methoxy groups -OCH3 is 1. The van der Waals surface area contributed by atoms with Gasteiger partial charge < -0.3 is 24.2 Å². The van der Waals surface area contributed by atoms with Crippen molar-refractivity contribution < 1.29 is 14.6 Å². The van der Waals surface area contributed by atoms with E-state index in [1.165, 1.54) is 4.90 Å². The summed E-state index contributed by atoms with van der Waals surface area (Å²) in [6, 6.07) is 5.13. The first-order valence-electron chi connectivity index (χ1n) is 9.24. The topological polar surface area (TPSA) is 87.9 Å². The first-order valence-corrected chi connectivity index (χ1v) is 9.24. The van der Waals surface area contributed by atoms with Crippen molar-refractivity contribution in [1.82, 2.24) is 19.4 Å². The van der Waals surface area contributed by atoms with Gasteiger partial charge in [-0.05, 0) is 25.5 Å². The van der Waals surface area contributed by atoms with Gasteiger partial charge in [-0.15, -0.1) is 0 Å². The van der Waals surface area contributed by atoms with Gasteiger partial charge in [0.05, 0.1) is 24.3 Å². The van der Waals surface area contributed by atoms with Crippen molar-refractivity contribution in [3.05, 3.63) is 34.7 Å². The number of rotatable bonds is 4. The summed E-state index contributed by atoms with van der Waals surface area (Å²) < 4.78 is 6.99. The Bertz CT molecular complexity index is 928. The van der Waals surface area contributed by atoms with E-state index < -0.39 is 6.09 Å². The molecule has 1 atom stereocenters. The number of aromatic nitrogens is 2. The quantitative estimate of drug-likeness (QED) is 0.875. The molecule has 2 aliphatic heterocycles. The molecule has 1 unspecified atom stereocenters. The summed E-state index contributed by atoms with van der Waals surface area (Å²) in [6.45, 7) is 4.40. The van der Waals surface area contributed by atoms with Gasteiger partial charge in [0.2, 0.25) is 0 Å². The van der Waals surface area contributed by atoms with E-state index in [4.69, 9.17) is 4.74 Å². The van der Waals surface area contributed by atoms with Crippen LogP contribution in [0.4, 0.5) is 4.79 Å². The molecule has 1 amide bonds. The van der Waals surface area contributed by atoms with Crippen molar-refractivity contribution in [3.8, 4) is 5.75 Å². The van der Waals surface area contributed by atoms with Gasteiger partial charge in [-0.2, -0.15) is 0 Å². The van der Waals surface area contributed by atoms with E-state index >= 15 is 0 Å². The fourth-order valence-electron chi connectivity index (χ4n) is 4.38. The van der Waals surface area contributed by atoms with Crippen molar-refractivity contribution in [1.29, 1.82) is 0 Å². The molecular formula is C19H24N4O4. The van der Waals surface area contributed by atoms with Crippen molar-refractivity contribution in [3.63, 3.8) is 0 Å². The number of likely N-dealkylation sites (tertiary alicyclic amines) is 2. The number of carboxylic acid groups (broad SMARTS) is 1. The highest BCUT2D eigenvalue weighted by atomic mass is 16.5. The first-order chi connectivity index (χ1) is 13.0. The number of amides is 1. The molecule has 4 rings (SSSR count). The summed E-state index contributed by atoms with van der Waals surface area (Å²) in [5, 5.41) is 9.21. The molecule has 4 heterocycles. The highest BCUT2D eigenvalue weighted by Gasteiger charge is 2.44. The maximum absolute atomic E-state index is 12.4. The van der Waals surface area contributed by atoms with Gasteiger partial charge >= 0.3 is 6.09 Å². The summed E-state index contributed by atoms with van der Waals surface area (Å²) in [5.74, 6) is 0.627. The molecular weight excluding hydrogens is 348 g/mol. The molecule has 8 heteroatoms. The lowest BCUT2D eigenvalue weighted by atomic mass is 9.86. The van der Waals surface area contributed by atoms with Gasteiger partial charge in [0, 0.05) is 50.3 Å². The van der Waals surface area contributed by atoms with E-state index in [2.05, 4.69) is 9.88 Å². The second-order valence-electron chi connectivity index (χ2n) is 7.58. The van der Waals surface area contributed by atoms with Crippen molar-refractivity contribution >= 4 is 17.1 Å². The van der Waals surface area contributed by atoms with E-state index in [9.17, 15) is 14.7 Å². The number of hydrogen-bond donors (Lipinski definition) is 1. The van der Waals surface area contributed by atoms with Crippen LogP contribution in [0.25, 0.3) is 11.0 Å². The monoisotopic (exact) mass is 372 g/mol. The van der Waals surface area contributed by atoms with Crippen LogP contribution in [-0.4, -0.2) is 70.4 Å². The summed E-state index contributed by atoms with van der Waals surface area (Å²) in [7, 11) is 1.58. The van der Waals surface area contributed by atoms with E-state index in [0.717, 1.165) is 43.5 Å². The molecule has 1 spiro atoms. The highest BCUT2D eigenvalue weighted by Crippen LogP contribution is 2.39. The number of carbonyl (C=O) groups is 1. The predicted octanol–water partition coefficient (Wildman–Crippen LogP) is 1.48. The minimum atomic E-state index is -0.825. The number of pyridine rings is 2. The lowest BCUT2D eigenvalue weighted by Gasteiger charge is -2.24. The number of fused-ring (bicyclic) bond motifs is 1. The minimum absolute atomic E-state index is 0.0515. The van der Waals surface area contributed by atoms with Gasteiger partial charge in [-0.25, -0.2) is 4.79 Å². The molecule has 0 radical (unpaired) electrons. The third-order valence-electron chi connectivity index (χ3n) is 5.91. The molecule has 2 saturated heterocycles. The maximum atomic E-state index is 12.4. The van der Waals surface area contributed by atoms with E-state index in [1.807, 2.05) is 6.07 Å². The van der Waals surface area contributed by atoms with Gasteiger partial charge in [-0.3, -0.25) is 9.78 Å². The number of hydrogen-bond acceptors (Lipinski definition) is 5. The average molecular weight is 372 g/mol. The van der Waals surface area contributed by atoms with Crippen LogP contribution in [0, 0.1) is 5.41 Å². The zero-order valence-electron chi connectivity index (χ0n) is 15.4. The molecule has 144 valence electrons. The molecule has 0 aliphatic carbocycles. The minimum Gasteiger partial charge on any atom is -0.495 e. The Morgan fingerprint density at radius 1 is 1.26 bits per heavy atom. The van der Waals surface area contributed by atoms with E-state index in [1.54, 1.807) is 30.0 Å². The fraction of sp³-hybridized carbons (Fsp3) is 0.526. The molecule has 2 fully saturated rings. The average Bonchev–Trinajstić information content (AvgIpc) is 3.27. The second kappa shape index (κ2) is 6.84. The lowest BCUT2D eigenvalue weighted by molar-refractivity contribution is 0.148. The maximum Gasteiger partial charge on any atom is 0.407 e. The fourth-order valence-corrected chi connectivity index (χ4v) is 4.38. The smallest absolute Gasteiger partial charge is 0.407 e. The zero-order chi connectivity index (χ0) is 19.0. The van der Waals surface area contributed by atoms with Crippen molar-refractivity contribution in [2.45, 2.75) is 19.4 Å². The Hall–Kier alpha value is -2.61. The van der Waals surface area contributed by atoms with Crippen LogP contribution < -0.4 is 10.3 Å². The van der Waals surface area contributed by atoms with Gasteiger partial charge in [0.15, 0.2) is 0 Å². The second-order valence-corrected chi connectivity index (χ2v) is 7.58. The summed E-state index contributed by atoms with van der Waals surface area (Å²) >= 11 is 0. The number of ether oxygens (including phenoxy) is 1. The lowest BCUT2D eigenvalue weighted by Crippen LogP contribution is -2.34. The zero-order valence-corrected chi connectivity index (χ0v) is 15.4. The molecule has 1 N–H and O–H groups in total. The van der Waals surface area contributed by atoms with Crippen LogP contribution in [0.1, 0.15) is 12.8 Å². The Labute approximate surface area is 157 Å². The normalized spacial score (nSPS) is 22.8. The van der Waals surface area contributed by atoms with Crippen LogP contribution in [0.5, 0.6) is 5.75 Å². The third kappa shape index (κ3) is 3.37. The molecule has 2 aromatic rings. The predicted molar refractivity (Wildman–Crippen MR) is 100 cm³/mol. The van der Waals surface area contributed by atoms with Crippen LogP contribution >= 0.6 is 0 Å². The molecule has 8 nitrogen and oxygen atoms in total. The van der Waals surface area contributed by atoms with Crippen molar-refractivity contribution in [2.24, 2.45) is 5.41 Å². The van der Waals surface area contributed by atoms with Crippen LogP contribution in [0.15, 0.2) is 29.2 Å². The standard InChI is InChI=1S/C19H24N4O4/c1-27-14-10-16-15(20-11-14)2-3-17(24)23(16)9-8-21-6-4-19(12-21)5-7-22(13-19)18(25)26/h2-3,10-11H,4-9,12-13H2,1H3,(H,25,26). The molecule has 27 heavy (non-hydrogen) atoms. The Morgan fingerprint density at radius 2 is 2.07 bits per heavy atom. The largest absolute Gasteiger partial charge is 0.495 e. The molecule has 0 bridgehead atoms. The number of nitrogens with zero attached hydrogens (tertiary/aromatic N) is 4. The van der Waals surface area contributed by atoms with Crippen molar-refractivity contribution in [2.75, 3.05) is 39.8 Å². The van der Waals surface area contributed by atoms with E-state index in [-0.39, 0.29) is 11.0 Å². The van der Waals surface area contributed by atoms with Crippen LogP contribution in [-0.2, 0) is 6.54 Å². The Balaban J connectivity index is 1.48. The SMILES string of the molecule is COc1cnc2ccc(=O)n(CCN3CCC4(CCN(C(=O)O)C4)C3)c2c1. The molecule has 0 saturated carbocycles. The van der Waals surface area contributed by atoms with E-state index in [0.29, 0.717) is 25.4 Å². The summed E-state index contributed by atoms with van der Waals surface area (Å²) in [4.78, 5) is 31.8. The molecule has 0 aromatic carbocycles.